The molecule has 0 spiro atoms. The van der Waals surface area contributed by atoms with Gasteiger partial charge in [0, 0.05) is 0 Å². The lowest BCUT2D eigenvalue weighted by atomic mass is 9.61. The number of nitrogens with zero attached hydrogens (tertiary/aromatic N) is 1. The third kappa shape index (κ3) is 4.20. The molecule has 1 saturated carbocycles. The van der Waals surface area contributed by atoms with E-state index >= 15 is 0 Å². The Bertz CT molecular complexity index is 403. The first-order valence-electron chi connectivity index (χ1n) is 7.27. The first-order chi connectivity index (χ1) is 9.97. The van der Waals surface area contributed by atoms with Crippen LogP contribution in [-0.2, 0) is 23.7 Å². The first-order valence-corrected chi connectivity index (χ1v) is 7.27. The van der Waals surface area contributed by atoms with Gasteiger partial charge in [0.25, 0.3) is 0 Å². The number of hydrogen-bond donors (Lipinski definition) is 1. The fourth-order valence-corrected chi connectivity index (χ4v) is 3.03. The topological polar surface area (TPSA) is 93.1 Å². The predicted molar refractivity (Wildman–Crippen MR) is 73.4 cm³/mol. The molecule has 1 aliphatic heterocycles. The van der Waals surface area contributed by atoms with Gasteiger partial charge < -0.3 is 14.4 Å². The molecule has 0 bridgehead atoms. The summed E-state index contributed by atoms with van der Waals surface area (Å²) in [5, 5.41) is 9.47. The van der Waals surface area contributed by atoms with Crippen LogP contribution < -0.4 is 0 Å². The van der Waals surface area contributed by atoms with Crippen molar-refractivity contribution in [2.75, 3.05) is 20.1 Å². The zero-order valence-electron chi connectivity index (χ0n) is 12.1. The van der Waals surface area contributed by atoms with Crippen LogP contribution in [0, 0.1) is 5.92 Å². The van der Waals surface area contributed by atoms with E-state index in [1.165, 1.54) is 4.90 Å². The van der Waals surface area contributed by atoms with Crippen LogP contribution in [-0.4, -0.2) is 55.2 Å². The highest BCUT2D eigenvalue weighted by Gasteiger charge is 2.48. The average Bonchev–Trinajstić information content (AvgIpc) is 2.37. The van der Waals surface area contributed by atoms with Crippen molar-refractivity contribution in [1.29, 1.82) is 0 Å². The number of likely N-dealkylation sites (N-methyl/N-ethyl adjacent to an activating group) is 1. The van der Waals surface area contributed by atoms with Crippen LogP contribution in [0.25, 0.3) is 0 Å². The number of rotatable bonds is 3. The Morgan fingerprint density at radius 3 is 2.19 bits per heavy atom. The normalized spacial score (nSPS) is 23.8. The van der Waals surface area contributed by atoms with Gasteiger partial charge >= 0.3 is 25.0 Å². The van der Waals surface area contributed by atoms with E-state index in [-0.39, 0.29) is 19.0 Å². The molecule has 8 heteroatoms. The second kappa shape index (κ2) is 6.93. The standard InChI is InChI=1S/C13H20BNO6/c1-15-7-10(16)20-14(21-11(17)8-15)12(13(18)19)9-5-3-2-4-6-9/h9,12H,2-8H2,1H3,(H,18,19). The molecule has 1 N–H and O–H groups in total. The number of carbonyl (C=O) groups is 3. The van der Waals surface area contributed by atoms with Gasteiger partial charge in [-0.25, -0.2) is 0 Å². The van der Waals surface area contributed by atoms with Crippen molar-refractivity contribution in [1.82, 2.24) is 4.90 Å². The molecule has 2 aliphatic rings. The number of carbonyl (C=O) groups excluding carboxylic acids is 2. The quantitative estimate of drug-likeness (QED) is 0.760. The van der Waals surface area contributed by atoms with Gasteiger partial charge in [-0.2, -0.15) is 0 Å². The van der Waals surface area contributed by atoms with Crippen LogP contribution in [0.2, 0.25) is 5.82 Å². The monoisotopic (exact) mass is 297 g/mol. The molecule has 2 rings (SSSR count). The summed E-state index contributed by atoms with van der Waals surface area (Å²) in [5.41, 5.74) is 0. The summed E-state index contributed by atoms with van der Waals surface area (Å²) in [6, 6.07) is 0. The van der Waals surface area contributed by atoms with Gasteiger partial charge in [-0.3, -0.25) is 19.3 Å². The van der Waals surface area contributed by atoms with Crippen molar-refractivity contribution in [3.8, 4) is 0 Å². The van der Waals surface area contributed by atoms with Crippen molar-refractivity contribution in [3.63, 3.8) is 0 Å². The van der Waals surface area contributed by atoms with E-state index in [9.17, 15) is 19.5 Å². The van der Waals surface area contributed by atoms with E-state index in [1.54, 1.807) is 7.05 Å². The maximum absolute atomic E-state index is 11.7. The molecule has 1 saturated heterocycles. The van der Waals surface area contributed by atoms with Crippen LogP contribution in [0.5, 0.6) is 0 Å². The van der Waals surface area contributed by atoms with Gasteiger partial charge in [0.05, 0.1) is 13.1 Å². The SMILES string of the molecule is CN1CC(=O)OB(C(C(=O)O)C2CCCCC2)OC(=O)C1. The van der Waals surface area contributed by atoms with E-state index in [0.29, 0.717) is 0 Å². The van der Waals surface area contributed by atoms with Crippen LogP contribution in [0.15, 0.2) is 0 Å². The highest BCUT2D eigenvalue weighted by molar-refractivity contribution is 6.55. The second-order valence-electron chi connectivity index (χ2n) is 5.78. The van der Waals surface area contributed by atoms with Gasteiger partial charge in [0.1, 0.15) is 5.82 Å². The molecule has 21 heavy (non-hydrogen) atoms. The van der Waals surface area contributed by atoms with Gasteiger partial charge in [0.2, 0.25) is 0 Å². The highest BCUT2D eigenvalue weighted by Crippen LogP contribution is 2.36. The molecule has 7 nitrogen and oxygen atoms in total. The summed E-state index contributed by atoms with van der Waals surface area (Å²) in [5.74, 6) is -3.34. The minimum absolute atomic E-state index is 0.0530. The van der Waals surface area contributed by atoms with E-state index in [2.05, 4.69) is 0 Å². The second-order valence-corrected chi connectivity index (χ2v) is 5.78. The van der Waals surface area contributed by atoms with Crippen molar-refractivity contribution < 1.29 is 28.8 Å². The molecule has 0 aromatic heterocycles. The minimum atomic E-state index is -1.32. The molecule has 1 atom stereocenters. The molecule has 2 fully saturated rings. The smallest absolute Gasteiger partial charge is 0.498 e. The van der Waals surface area contributed by atoms with Gasteiger partial charge in [-0.05, 0) is 25.8 Å². The summed E-state index contributed by atoms with van der Waals surface area (Å²) in [4.78, 5) is 36.5. The Kier molecular flexibility index (Phi) is 5.22. The number of hydrogen-bond acceptors (Lipinski definition) is 6. The molecule has 0 radical (unpaired) electrons. The van der Waals surface area contributed by atoms with E-state index in [4.69, 9.17) is 9.31 Å². The molecule has 0 aromatic rings. The Hall–Kier alpha value is -1.57. The summed E-state index contributed by atoms with van der Waals surface area (Å²) in [6.45, 7) is -0.106. The Balaban J connectivity index is 2.14. The average molecular weight is 297 g/mol. The van der Waals surface area contributed by atoms with E-state index in [0.717, 1.165) is 32.1 Å². The molecular formula is C13H20BNO6. The van der Waals surface area contributed by atoms with Crippen LogP contribution in [0.1, 0.15) is 32.1 Å². The van der Waals surface area contributed by atoms with Gasteiger partial charge in [0.15, 0.2) is 0 Å². The van der Waals surface area contributed by atoms with E-state index < -0.39 is 30.8 Å². The van der Waals surface area contributed by atoms with Crippen molar-refractivity contribution in [2.45, 2.75) is 37.9 Å². The predicted octanol–water partition coefficient (Wildman–Crippen LogP) is 0.541. The Morgan fingerprint density at radius 1 is 1.19 bits per heavy atom. The third-order valence-corrected chi connectivity index (χ3v) is 4.03. The molecule has 1 unspecified atom stereocenters. The fraction of sp³-hybridized carbons (Fsp3) is 0.769. The maximum Gasteiger partial charge on any atom is 0.613 e. The molecule has 0 amide bonds. The summed E-state index contributed by atoms with van der Waals surface area (Å²) in [7, 11) is 0.276. The number of aliphatic carboxylic acids is 1. The Morgan fingerprint density at radius 2 is 1.71 bits per heavy atom. The first kappa shape index (κ1) is 15.8. The highest BCUT2D eigenvalue weighted by atomic mass is 16.6. The molecular weight excluding hydrogens is 277 g/mol. The van der Waals surface area contributed by atoms with Crippen molar-refractivity contribution >= 4 is 25.0 Å². The zero-order valence-corrected chi connectivity index (χ0v) is 12.1. The van der Waals surface area contributed by atoms with Crippen molar-refractivity contribution in [3.05, 3.63) is 0 Å². The minimum Gasteiger partial charge on any atom is -0.498 e. The summed E-state index contributed by atoms with van der Waals surface area (Å²) < 4.78 is 10.2. The molecule has 0 aromatic carbocycles. The maximum atomic E-state index is 11.7. The number of carboxylic acids is 1. The van der Waals surface area contributed by atoms with Crippen LogP contribution >= 0.6 is 0 Å². The molecule has 1 heterocycles. The lowest BCUT2D eigenvalue weighted by Crippen LogP contribution is -2.47. The summed E-state index contributed by atoms with van der Waals surface area (Å²) in [6.07, 6.45) is 4.49. The number of carboxylic acid groups (broad SMARTS) is 1. The van der Waals surface area contributed by atoms with Crippen molar-refractivity contribution in [2.24, 2.45) is 5.92 Å². The van der Waals surface area contributed by atoms with E-state index in [1.807, 2.05) is 0 Å². The van der Waals surface area contributed by atoms with Crippen LogP contribution in [0.4, 0.5) is 0 Å². The molecule has 1 aliphatic carbocycles. The van der Waals surface area contributed by atoms with Crippen LogP contribution in [0.3, 0.4) is 0 Å². The largest absolute Gasteiger partial charge is 0.613 e. The fourth-order valence-electron chi connectivity index (χ4n) is 3.03. The lowest BCUT2D eigenvalue weighted by molar-refractivity contribution is -0.147. The summed E-state index contributed by atoms with van der Waals surface area (Å²) >= 11 is 0. The zero-order chi connectivity index (χ0) is 15.4. The lowest BCUT2D eigenvalue weighted by Gasteiger charge is -2.31. The Labute approximate surface area is 123 Å². The van der Waals surface area contributed by atoms with Gasteiger partial charge in [-0.15, -0.1) is 0 Å². The molecule has 116 valence electrons. The van der Waals surface area contributed by atoms with Gasteiger partial charge in [-0.1, -0.05) is 19.3 Å². The third-order valence-electron chi connectivity index (χ3n) is 4.03.